The van der Waals surface area contributed by atoms with Crippen LogP contribution in [0.1, 0.15) is 25.8 Å². The third-order valence-corrected chi connectivity index (χ3v) is 8.56. The first-order valence-electron chi connectivity index (χ1n) is 16.0. The number of piperazine rings is 1. The summed E-state index contributed by atoms with van der Waals surface area (Å²) in [5.41, 5.74) is 3.85. The number of urea groups is 1. The molecule has 4 heterocycles. The van der Waals surface area contributed by atoms with Crippen molar-refractivity contribution < 1.29 is 24.4 Å². The van der Waals surface area contributed by atoms with E-state index in [0.717, 1.165) is 61.0 Å². The number of ether oxygens (including phenoxy) is 3. The van der Waals surface area contributed by atoms with E-state index in [9.17, 15) is 4.79 Å². The highest BCUT2D eigenvalue weighted by Crippen LogP contribution is 2.36. The van der Waals surface area contributed by atoms with E-state index >= 15 is 0 Å². The van der Waals surface area contributed by atoms with Gasteiger partial charge in [0.15, 0.2) is 0 Å². The van der Waals surface area contributed by atoms with Crippen molar-refractivity contribution in [1.82, 2.24) is 25.3 Å². The number of carbonyl (C=O) groups excluding carboxylic acids is 1. The van der Waals surface area contributed by atoms with Crippen LogP contribution < -0.4 is 30.2 Å². The lowest BCUT2D eigenvalue weighted by molar-refractivity contribution is -0.192. The van der Waals surface area contributed by atoms with E-state index in [1.165, 1.54) is 11.2 Å². The molecule has 2 aliphatic heterocycles. The lowest BCUT2D eigenvalue weighted by Crippen LogP contribution is -2.50. The molecule has 3 unspecified atom stereocenters. The second-order valence-corrected chi connectivity index (χ2v) is 11.7. The molecule has 0 saturated carbocycles. The van der Waals surface area contributed by atoms with Crippen molar-refractivity contribution in [3.05, 3.63) is 91.0 Å². The number of pyridine rings is 1. The Morgan fingerprint density at radius 2 is 1.62 bits per heavy atom. The minimum absolute atomic E-state index is 0.0716. The van der Waals surface area contributed by atoms with E-state index in [4.69, 9.17) is 19.6 Å². The van der Waals surface area contributed by atoms with Crippen LogP contribution in [0.4, 0.5) is 21.9 Å². The molecule has 2 aliphatic rings. The zero-order valence-corrected chi connectivity index (χ0v) is 26.8. The Morgan fingerprint density at radius 3 is 2.21 bits per heavy atom. The van der Waals surface area contributed by atoms with Crippen LogP contribution >= 0.6 is 0 Å². The Labute approximate surface area is 274 Å². The molecule has 3 atom stereocenters. The van der Waals surface area contributed by atoms with Gasteiger partial charge in [-0.1, -0.05) is 6.92 Å². The molecule has 2 amide bonds. The number of benzene rings is 2. The Kier molecular flexibility index (Phi) is 9.93. The molecular formula is C34H42N9O4+. The van der Waals surface area contributed by atoms with Gasteiger partial charge in [-0.2, -0.15) is 15.0 Å². The fourth-order valence-corrected chi connectivity index (χ4v) is 5.73. The van der Waals surface area contributed by atoms with Crippen LogP contribution in [0.3, 0.4) is 0 Å². The van der Waals surface area contributed by atoms with E-state index in [-0.39, 0.29) is 18.2 Å². The van der Waals surface area contributed by atoms with Crippen LogP contribution in [0.2, 0.25) is 0 Å². The molecule has 0 spiro atoms. The van der Waals surface area contributed by atoms with Gasteiger partial charge in [-0.05, 0) is 74.0 Å². The molecule has 47 heavy (non-hydrogen) atoms. The second kappa shape index (κ2) is 14.6. The predicted molar refractivity (Wildman–Crippen MR) is 178 cm³/mol. The van der Waals surface area contributed by atoms with Crippen molar-refractivity contribution in [2.45, 2.75) is 44.7 Å². The third-order valence-electron chi connectivity index (χ3n) is 8.56. The molecular weight excluding hydrogens is 598 g/mol. The minimum atomic E-state index is -1.02. The number of nitrogens with two attached hydrogens (primary N) is 1. The van der Waals surface area contributed by atoms with E-state index < -0.39 is 5.79 Å². The highest BCUT2D eigenvalue weighted by Gasteiger charge is 2.44. The summed E-state index contributed by atoms with van der Waals surface area (Å²) >= 11 is 0. The van der Waals surface area contributed by atoms with Crippen LogP contribution in [0.15, 0.2) is 85.5 Å². The first-order valence-corrected chi connectivity index (χ1v) is 16.0. The molecule has 13 heteroatoms. The molecule has 3 N–H and O–H groups in total. The fourth-order valence-electron chi connectivity index (χ4n) is 5.73. The van der Waals surface area contributed by atoms with Crippen molar-refractivity contribution in [2.75, 3.05) is 54.1 Å². The summed E-state index contributed by atoms with van der Waals surface area (Å²) in [5, 5.41) is 17.2. The zero-order valence-electron chi connectivity index (χ0n) is 26.8. The third kappa shape index (κ3) is 7.53. The summed E-state index contributed by atoms with van der Waals surface area (Å²) in [6, 6.07) is 19.7. The van der Waals surface area contributed by atoms with Gasteiger partial charge in [0, 0.05) is 61.6 Å². The summed E-state index contributed by atoms with van der Waals surface area (Å²) in [6.45, 7) is 8.58. The molecule has 2 aromatic carbocycles. The lowest BCUT2D eigenvalue weighted by atomic mass is 10.1. The zero-order chi connectivity index (χ0) is 32.6. The molecule has 2 saturated heterocycles. The fraction of sp³-hybridized carbons (Fsp3) is 0.382. The highest BCUT2D eigenvalue weighted by molar-refractivity contribution is 6.06. The number of rotatable bonds is 12. The van der Waals surface area contributed by atoms with Gasteiger partial charge in [-0.15, -0.1) is 4.90 Å². The molecule has 2 aromatic heterocycles. The summed E-state index contributed by atoms with van der Waals surface area (Å²) in [5.74, 6) is -0.246. The smallest absolute Gasteiger partial charge is 0.413 e. The number of aromatic nitrogens is 4. The van der Waals surface area contributed by atoms with E-state index in [1.54, 1.807) is 29.6 Å². The minimum Gasteiger partial charge on any atom is -0.491 e. The topological polar surface area (TPSA) is 136 Å². The molecule has 6 rings (SSSR count). The maximum absolute atomic E-state index is 12.6. The van der Waals surface area contributed by atoms with Gasteiger partial charge in [0.25, 0.3) is 0 Å². The second-order valence-electron chi connectivity index (χ2n) is 11.7. The Balaban J connectivity index is 0.991. The quantitative estimate of drug-likeness (QED) is 0.177. The standard InChI is InChI=1S/C34H41N9O4/c1-3-26(2)39-33(44)42(25-35)30-6-4-28(5-7-30)40-18-20-41(21-19-40)29-8-10-31(11-9-29)45-22-32-23-46-34(47-32,24-43-37-16-17-38-43)27-12-14-36-15-13-27/h4-17,25-26,32,35H,3,18-24H2,1-2H3,(H,39,44)/p+1. The van der Waals surface area contributed by atoms with Crippen LogP contribution in [0, 0.1) is 0 Å². The number of nitrogens with zero attached hydrogens (tertiary/aromatic N) is 7. The van der Waals surface area contributed by atoms with Gasteiger partial charge in [0.1, 0.15) is 30.7 Å². The van der Waals surface area contributed by atoms with E-state index in [2.05, 4.69) is 42.4 Å². The van der Waals surface area contributed by atoms with Gasteiger partial charge in [0.2, 0.25) is 12.1 Å². The number of hydrogen-bond donors (Lipinski definition) is 2. The largest absolute Gasteiger partial charge is 0.491 e. The van der Waals surface area contributed by atoms with Gasteiger partial charge in [0.05, 0.1) is 19.0 Å². The van der Waals surface area contributed by atoms with E-state index in [0.29, 0.717) is 19.8 Å². The van der Waals surface area contributed by atoms with Crippen molar-refractivity contribution >= 4 is 29.4 Å². The van der Waals surface area contributed by atoms with Crippen LogP contribution in [0.5, 0.6) is 5.75 Å². The molecule has 0 bridgehead atoms. The van der Waals surface area contributed by atoms with Crippen molar-refractivity contribution in [2.24, 2.45) is 0 Å². The van der Waals surface area contributed by atoms with Crippen molar-refractivity contribution in [3.63, 3.8) is 0 Å². The number of hydrogen-bond acceptors (Lipinski definition) is 9. The highest BCUT2D eigenvalue weighted by atomic mass is 16.8. The molecule has 0 aliphatic carbocycles. The maximum atomic E-state index is 12.6. The monoisotopic (exact) mass is 640 g/mol. The van der Waals surface area contributed by atoms with Crippen LogP contribution in [-0.4, -0.2) is 83.9 Å². The molecule has 246 valence electrons. The lowest BCUT2D eigenvalue weighted by Gasteiger charge is -2.37. The van der Waals surface area contributed by atoms with E-state index in [1.807, 2.05) is 62.4 Å². The normalized spacial score (nSPS) is 20.1. The number of amides is 2. The SMILES string of the molecule is CCC(C)NC(=O)N(C=[NH2+])c1ccc(N2CCN(c3ccc(OCC4COC(Cn5nccn5)(c5ccncc5)O4)cc3)CC2)cc1. The molecule has 2 fully saturated rings. The molecule has 13 nitrogen and oxygen atoms in total. The van der Waals surface area contributed by atoms with Crippen molar-refractivity contribution in [1.29, 1.82) is 0 Å². The van der Waals surface area contributed by atoms with Gasteiger partial charge in [-0.3, -0.25) is 10.4 Å². The Hall–Kier alpha value is -5.01. The summed E-state index contributed by atoms with van der Waals surface area (Å²) in [4.78, 5) is 24.5. The number of carbonyl (C=O) groups is 1. The summed E-state index contributed by atoms with van der Waals surface area (Å²) in [7, 11) is 0. The van der Waals surface area contributed by atoms with Crippen LogP contribution in [-0.2, 0) is 21.8 Å². The average Bonchev–Trinajstić information content (AvgIpc) is 3.79. The number of nitrogens with one attached hydrogen (secondary N) is 1. The maximum Gasteiger partial charge on any atom is 0.413 e. The number of anilines is 3. The molecule has 0 radical (unpaired) electrons. The first-order chi connectivity index (χ1) is 23.0. The van der Waals surface area contributed by atoms with Gasteiger partial charge in [-0.25, -0.2) is 4.79 Å². The van der Waals surface area contributed by atoms with Gasteiger partial charge >= 0.3 is 6.03 Å². The Morgan fingerprint density at radius 1 is 1.00 bits per heavy atom. The predicted octanol–water partition coefficient (Wildman–Crippen LogP) is 2.45. The molecule has 4 aromatic rings. The Bertz CT molecular complexity index is 1580. The first kappa shape index (κ1) is 32.0. The summed E-state index contributed by atoms with van der Waals surface area (Å²) < 4.78 is 18.8. The van der Waals surface area contributed by atoms with Crippen molar-refractivity contribution in [3.8, 4) is 5.75 Å². The summed E-state index contributed by atoms with van der Waals surface area (Å²) in [6.07, 6.45) is 8.58. The van der Waals surface area contributed by atoms with Gasteiger partial charge < -0.3 is 29.3 Å². The average molecular weight is 641 g/mol. The van der Waals surface area contributed by atoms with Crippen LogP contribution in [0.25, 0.3) is 0 Å².